The lowest BCUT2D eigenvalue weighted by molar-refractivity contribution is -0.0368. The summed E-state index contributed by atoms with van der Waals surface area (Å²) in [7, 11) is 0. The predicted molar refractivity (Wildman–Crippen MR) is 85.9 cm³/mol. The number of ether oxygens (including phenoxy) is 1. The Labute approximate surface area is 126 Å². The van der Waals surface area contributed by atoms with Crippen LogP contribution in [0.5, 0.6) is 0 Å². The van der Waals surface area contributed by atoms with Crippen LogP contribution in [0.2, 0.25) is 0 Å². The van der Waals surface area contributed by atoms with Crippen molar-refractivity contribution < 1.29 is 4.74 Å². The summed E-state index contributed by atoms with van der Waals surface area (Å²) >= 11 is 0. The molecule has 0 saturated heterocycles. The summed E-state index contributed by atoms with van der Waals surface area (Å²) in [6.45, 7) is 10.2. The van der Waals surface area contributed by atoms with Crippen LogP contribution in [-0.4, -0.2) is 25.8 Å². The van der Waals surface area contributed by atoms with E-state index < -0.39 is 0 Å². The fourth-order valence-electron chi connectivity index (χ4n) is 4.11. The number of hydrogen-bond donors (Lipinski definition) is 1. The second kappa shape index (κ2) is 8.38. The molecule has 0 radical (unpaired) electrons. The zero-order valence-electron chi connectivity index (χ0n) is 13.9. The van der Waals surface area contributed by atoms with Crippen LogP contribution in [0.4, 0.5) is 0 Å². The third kappa shape index (κ3) is 5.04. The average Bonchev–Trinajstić information content (AvgIpc) is 2.91. The lowest BCUT2D eigenvalue weighted by atomic mass is 9.75. The maximum atomic E-state index is 6.23. The predicted octanol–water partition coefficient (Wildman–Crippen LogP) is 4.24. The molecule has 0 aliphatic heterocycles. The minimum absolute atomic E-state index is 0.507. The zero-order valence-corrected chi connectivity index (χ0v) is 13.9. The fourth-order valence-corrected chi connectivity index (χ4v) is 4.11. The molecule has 20 heavy (non-hydrogen) atoms. The Hall–Kier alpha value is -0.0800. The van der Waals surface area contributed by atoms with Gasteiger partial charge in [-0.1, -0.05) is 40.0 Å². The molecule has 1 N–H and O–H groups in total. The molecule has 2 aliphatic rings. The summed E-state index contributed by atoms with van der Waals surface area (Å²) in [6.07, 6.45) is 10.3. The Bertz CT molecular complexity index is 260. The molecular weight excluding hydrogens is 246 g/mol. The van der Waals surface area contributed by atoms with Crippen molar-refractivity contribution in [3.05, 3.63) is 0 Å². The Kier molecular flexibility index (Phi) is 6.83. The smallest absolute Gasteiger partial charge is 0.0608 e. The van der Waals surface area contributed by atoms with Gasteiger partial charge < -0.3 is 10.1 Å². The van der Waals surface area contributed by atoms with Gasteiger partial charge in [0.05, 0.1) is 12.7 Å². The Morgan fingerprint density at radius 3 is 2.55 bits per heavy atom. The third-order valence-electron chi connectivity index (χ3n) is 5.48. The van der Waals surface area contributed by atoms with Gasteiger partial charge in [0.25, 0.3) is 0 Å². The molecule has 0 aromatic heterocycles. The van der Waals surface area contributed by atoms with Gasteiger partial charge >= 0.3 is 0 Å². The van der Waals surface area contributed by atoms with E-state index in [1.54, 1.807) is 0 Å². The quantitative estimate of drug-likeness (QED) is 0.705. The van der Waals surface area contributed by atoms with Gasteiger partial charge in [-0.25, -0.2) is 0 Å². The summed E-state index contributed by atoms with van der Waals surface area (Å²) < 4.78 is 6.23. The maximum Gasteiger partial charge on any atom is 0.0608 e. The van der Waals surface area contributed by atoms with Gasteiger partial charge in [0.2, 0.25) is 0 Å². The summed E-state index contributed by atoms with van der Waals surface area (Å²) in [6, 6.07) is 0. The molecule has 2 fully saturated rings. The molecule has 2 nitrogen and oxygen atoms in total. The molecule has 0 amide bonds. The van der Waals surface area contributed by atoms with Crippen molar-refractivity contribution in [3.8, 4) is 0 Å². The van der Waals surface area contributed by atoms with Gasteiger partial charge in [-0.15, -0.1) is 0 Å². The Morgan fingerprint density at radius 1 is 1.10 bits per heavy atom. The summed E-state index contributed by atoms with van der Waals surface area (Å²) in [5.74, 6) is 3.33. The molecule has 118 valence electrons. The van der Waals surface area contributed by atoms with Crippen LogP contribution in [0.1, 0.15) is 65.7 Å². The molecule has 2 rings (SSSR count). The molecule has 0 spiro atoms. The first-order valence-electron chi connectivity index (χ1n) is 8.99. The topological polar surface area (TPSA) is 21.3 Å². The van der Waals surface area contributed by atoms with E-state index >= 15 is 0 Å². The average molecular weight is 281 g/mol. The first-order chi connectivity index (χ1) is 9.66. The van der Waals surface area contributed by atoms with Crippen molar-refractivity contribution in [1.29, 1.82) is 0 Å². The van der Waals surface area contributed by atoms with Crippen LogP contribution in [0.3, 0.4) is 0 Å². The van der Waals surface area contributed by atoms with Crippen molar-refractivity contribution in [3.63, 3.8) is 0 Å². The van der Waals surface area contributed by atoms with Gasteiger partial charge in [-0.2, -0.15) is 0 Å². The molecule has 2 aliphatic carbocycles. The van der Waals surface area contributed by atoms with Crippen molar-refractivity contribution >= 4 is 0 Å². The Balaban J connectivity index is 1.60. The molecule has 0 heterocycles. The molecule has 0 bridgehead atoms. The first kappa shape index (κ1) is 16.3. The number of hydrogen-bond acceptors (Lipinski definition) is 2. The van der Waals surface area contributed by atoms with Crippen molar-refractivity contribution in [1.82, 2.24) is 5.32 Å². The minimum Gasteiger partial charge on any atom is -0.377 e. The SMILES string of the molecule is CC1CCC(C(C)C)C(OCCNCC2CCCC2)C1. The van der Waals surface area contributed by atoms with E-state index in [-0.39, 0.29) is 0 Å². The van der Waals surface area contributed by atoms with E-state index in [1.807, 2.05) is 0 Å². The summed E-state index contributed by atoms with van der Waals surface area (Å²) in [4.78, 5) is 0. The van der Waals surface area contributed by atoms with Crippen molar-refractivity contribution in [2.24, 2.45) is 23.7 Å². The van der Waals surface area contributed by atoms with Gasteiger partial charge in [-0.3, -0.25) is 0 Å². The molecule has 0 aromatic rings. The van der Waals surface area contributed by atoms with Gasteiger partial charge in [-0.05, 0) is 55.9 Å². The molecule has 0 aromatic carbocycles. The van der Waals surface area contributed by atoms with Crippen LogP contribution in [0.15, 0.2) is 0 Å². The molecule has 2 saturated carbocycles. The van der Waals surface area contributed by atoms with Crippen LogP contribution in [0, 0.1) is 23.7 Å². The molecule has 3 atom stereocenters. The van der Waals surface area contributed by atoms with E-state index in [9.17, 15) is 0 Å². The van der Waals surface area contributed by atoms with Gasteiger partial charge in [0.1, 0.15) is 0 Å². The Morgan fingerprint density at radius 2 is 1.85 bits per heavy atom. The second-order valence-corrected chi connectivity index (χ2v) is 7.59. The van der Waals surface area contributed by atoms with E-state index in [4.69, 9.17) is 4.74 Å². The maximum absolute atomic E-state index is 6.23. The lowest BCUT2D eigenvalue weighted by Crippen LogP contribution is -2.36. The van der Waals surface area contributed by atoms with Crippen molar-refractivity contribution in [2.75, 3.05) is 19.7 Å². The highest BCUT2D eigenvalue weighted by Crippen LogP contribution is 2.35. The van der Waals surface area contributed by atoms with Crippen LogP contribution < -0.4 is 5.32 Å². The van der Waals surface area contributed by atoms with Gasteiger partial charge in [0.15, 0.2) is 0 Å². The zero-order chi connectivity index (χ0) is 14.4. The van der Waals surface area contributed by atoms with Gasteiger partial charge in [0, 0.05) is 6.54 Å². The molecular formula is C18H35NO. The number of rotatable bonds is 7. The van der Waals surface area contributed by atoms with Crippen LogP contribution >= 0.6 is 0 Å². The standard InChI is InChI=1S/C18H35NO/c1-14(2)17-9-8-15(3)12-18(17)20-11-10-19-13-16-6-4-5-7-16/h14-19H,4-13H2,1-3H3. The third-order valence-corrected chi connectivity index (χ3v) is 5.48. The molecule has 2 heteroatoms. The van der Waals surface area contributed by atoms with E-state index in [0.29, 0.717) is 6.10 Å². The highest BCUT2D eigenvalue weighted by molar-refractivity contribution is 4.81. The van der Waals surface area contributed by atoms with Crippen LogP contribution in [0.25, 0.3) is 0 Å². The highest BCUT2D eigenvalue weighted by Gasteiger charge is 2.31. The highest BCUT2D eigenvalue weighted by atomic mass is 16.5. The normalized spacial score (nSPS) is 32.1. The van der Waals surface area contributed by atoms with E-state index in [1.165, 1.54) is 51.5 Å². The summed E-state index contributed by atoms with van der Waals surface area (Å²) in [5.41, 5.74) is 0. The van der Waals surface area contributed by atoms with Crippen molar-refractivity contribution in [2.45, 2.75) is 71.8 Å². The van der Waals surface area contributed by atoms with E-state index in [0.717, 1.165) is 36.8 Å². The number of nitrogens with one attached hydrogen (secondary N) is 1. The summed E-state index contributed by atoms with van der Waals surface area (Å²) in [5, 5.41) is 3.60. The lowest BCUT2D eigenvalue weighted by Gasteiger charge is -2.37. The molecule has 3 unspecified atom stereocenters. The monoisotopic (exact) mass is 281 g/mol. The minimum atomic E-state index is 0.507. The van der Waals surface area contributed by atoms with Crippen LogP contribution in [-0.2, 0) is 4.74 Å². The van der Waals surface area contributed by atoms with E-state index in [2.05, 4.69) is 26.1 Å². The largest absolute Gasteiger partial charge is 0.377 e. The fraction of sp³-hybridized carbons (Fsp3) is 1.00. The second-order valence-electron chi connectivity index (χ2n) is 7.59. The first-order valence-corrected chi connectivity index (χ1v) is 8.99.